The Morgan fingerprint density at radius 3 is 2.67 bits per heavy atom. The standard InChI is InChI=1S/C16H14N2O5S/c17-24(21,22)11-5-3-4-10(8-11)18-15(19)9-14-12-6-1-2-7-13(12)16(20)23-14/h1-8,14H,9H2,(H,18,19)(H2,17,21,22)/t14-/m0/s1. The SMILES string of the molecule is NS(=O)(=O)c1cccc(NC(=O)C[C@@H]2OC(=O)c3ccccc32)c1. The molecule has 1 amide bonds. The first-order valence-electron chi connectivity index (χ1n) is 7.07. The Balaban J connectivity index is 1.73. The average Bonchev–Trinajstić information content (AvgIpc) is 2.83. The van der Waals surface area contributed by atoms with E-state index in [4.69, 9.17) is 9.88 Å². The molecule has 2 aromatic carbocycles. The number of nitrogens with two attached hydrogens (primary N) is 1. The number of carbonyl (C=O) groups excluding carboxylic acids is 2. The number of fused-ring (bicyclic) bond motifs is 1. The number of ether oxygens (including phenoxy) is 1. The van der Waals surface area contributed by atoms with Gasteiger partial charge in [0.05, 0.1) is 16.9 Å². The molecule has 0 saturated heterocycles. The molecule has 1 aliphatic rings. The van der Waals surface area contributed by atoms with Crippen LogP contribution in [0.5, 0.6) is 0 Å². The number of primary sulfonamides is 1. The monoisotopic (exact) mass is 346 g/mol. The van der Waals surface area contributed by atoms with Crippen molar-refractivity contribution in [2.45, 2.75) is 17.4 Å². The summed E-state index contributed by atoms with van der Waals surface area (Å²) >= 11 is 0. The largest absolute Gasteiger partial charge is 0.453 e. The second kappa shape index (κ2) is 6.06. The summed E-state index contributed by atoms with van der Waals surface area (Å²) in [6, 6.07) is 12.5. The second-order valence-electron chi connectivity index (χ2n) is 5.31. The molecule has 24 heavy (non-hydrogen) atoms. The molecule has 8 heteroatoms. The maximum atomic E-state index is 12.2. The van der Waals surface area contributed by atoms with Crippen LogP contribution in [0, 0.1) is 0 Å². The van der Waals surface area contributed by atoms with Gasteiger partial charge in [0.25, 0.3) is 0 Å². The first-order chi connectivity index (χ1) is 11.3. The number of anilines is 1. The van der Waals surface area contributed by atoms with Gasteiger partial charge in [-0.25, -0.2) is 18.4 Å². The summed E-state index contributed by atoms with van der Waals surface area (Å²) in [5, 5.41) is 7.64. The summed E-state index contributed by atoms with van der Waals surface area (Å²) < 4.78 is 27.9. The molecular weight excluding hydrogens is 332 g/mol. The van der Waals surface area contributed by atoms with Crippen molar-refractivity contribution in [3.8, 4) is 0 Å². The summed E-state index contributed by atoms with van der Waals surface area (Å²) in [5.41, 5.74) is 1.41. The van der Waals surface area contributed by atoms with Crippen molar-refractivity contribution in [3.63, 3.8) is 0 Å². The molecule has 2 aromatic rings. The number of sulfonamides is 1. The van der Waals surface area contributed by atoms with Crippen LogP contribution in [0.25, 0.3) is 0 Å². The second-order valence-corrected chi connectivity index (χ2v) is 6.87. The molecular formula is C16H14N2O5S. The zero-order valence-corrected chi connectivity index (χ0v) is 13.2. The highest BCUT2D eigenvalue weighted by Gasteiger charge is 2.32. The zero-order valence-electron chi connectivity index (χ0n) is 12.4. The van der Waals surface area contributed by atoms with E-state index in [1.165, 1.54) is 18.2 Å². The van der Waals surface area contributed by atoms with Gasteiger partial charge in [0.1, 0.15) is 6.10 Å². The fraction of sp³-hybridized carbons (Fsp3) is 0.125. The number of cyclic esters (lactones) is 1. The molecule has 1 aliphatic heterocycles. The van der Waals surface area contributed by atoms with Gasteiger partial charge in [-0.1, -0.05) is 24.3 Å². The van der Waals surface area contributed by atoms with E-state index in [9.17, 15) is 18.0 Å². The Morgan fingerprint density at radius 2 is 1.92 bits per heavy atom. The third-order valence-corrected chi connectivity index (χ3v) is 4.50. The van der Waals surface area contributed by atoms with E-state index < -0.39 is 28.0 Å². The third kappa shape index (κ3) is 3.29. The maximum absolute atomic E-state index is 12.2. The molecule has 1 atom stereocenters. The Labute approximate surface area is 138 Å². The van der Waals surface area contributed by atoms with Crippen LogP contribution in [-0.2, 0) is 19.6 Å². The zero-order chi connectivity index (χ0) is 17.3. The molecule has 0 aromatic heterocycles. The maximum Gasteiger partial charge on any atom is 0.339 e. The highest BCUT2D eigenvalue weighted by Crippen LogP contribution is 2.33. The molecule has 3 N–H and O–H groups in total. The lowest BCUT2D eigenvalue weighted by molar-refractivity contribution is -0.118. The van der Waals surface area contributed by atoms with Gasteiger partial charge in [-0.15, -0.1) is 0 Å². The molecule has 3 rings (SSSR count). The predicted molar refractivity (Wildman–Crippen MR) is 85.7 cm³/mol. The number of carbonyl (C=O) groups is 2. The van der Waals surface area contributed by atoms with Gasteiger partial charge >= 0.3 is 5.97 Å². The van der Waals surface area contributed by atoms with E-state index in [0.717, 1.165) is 0 Å². The van der Waals surface area contributed by atoms with E-state index in [2.05, 4.69) is 5.32 Å². The van der Waals surface area contributed by atoms with Crippen LogP contribution in [0.3, 0.4) is 0 Å². The molecule has 0 bridgehead atoms. The summed E-state index contributed by atoms with van der Waals surface area (Å²) in [6.07, 6.45) is -0.724. The van der Waals surface area contributed by atoms with E-state index in [1.807, 2.05) is 0 Å². The number of benzene rings is 2. The minimum Gasteiger partial charge on any atom is -0.453 e. The molecule has 1 heterocycles. The van der Waals surface area contributed by atoms with Gasteiger partial charge in [0.15, 0.2) is 0 Å². The Morgan fingerprint density at radius 1 is 1.17 bits per heavy atom. The van der Waals surface area contributed by atoms with Gasteiger partial charge in [0, 0.05) is 11.3 Å². The molecule has 124 valence electrons. The molecule has 7 nitrogen and oxygen atoms in total. The van der Waals surface area contributed by atoms with E-state index in [1.54, 1.807) is 30.3 Å². The lowest BCUT2D eigenvalue weighted by Crippen LogP contribution is -2.17. The molecule has 0 spiro atoms. The molecule has 0 unspecified atom stereocenters. The Kier molecular flexibility index (Phi) is 4.08. The molecule has 0 aliphatic carbocycles. The van der Waals surface area contributed by atoms with Gasteiger partial charge in [-0.3, -0.25) is 4.79 Å². The van der Waals surface area contributed by atoms with E-state index >= 15 is 0 Å². The van der Waals surface area contributed by atoms with Crippen molar-refractivity contribution >= 4 is 27.6 Å². The normalized spacial score (nSPS) is 16.4. The van der Waals surface area contributed by atoms with Gasteiger partial charge < -0.3 is 10.1 Å². The fourth-order valence-electron chi connectivity index (χ4n) is 2.50. The van der Waals surface area contributed by atoms with Crippen molar-refractivity contribution < 1.29 is 22.7 Å². The fourth-order valence-corrected chi connectivity index (χ4v) is 3.06. The molecule has 0 saturated carbocycles. The summed E-state index contributed by atoms with van der Waals surface area (Å²) in [4.78, 5) is 23.8. The number of esters is 1. The minimum absolute atomic E-state index is 0.0671. The lowest BCUT2D eigenvalue weighted by Gasteiger charge is -2.11. The predicted octanol–water partition coefficient (Wildman–Crippen LogP) is 1.57. The average molecular weight is 346 g/mol. The smallest absolute Gasteiger partial charge is 0.339 e. The van der Waals surface area contributed by atoms with Crippen LogP contribution in [0.2, 0.25) is 0 Å². The van der Waals surface area contributed by atoms with Gasteiger partial charge in [0.2, 0.25) is 15.9 Å². The van der Waals surface area contributed by atoms with Crippen LogP contribution >= 0.6 is 0 Å². The summed E-state index contributed by atoms with van der Waals surface area (Å²) in [6.45, 7) is 0. The van der Waals surface area contributed by atoms with E-state index in [0.29, 0.717) is 16.8 Å². The third-order valence-electron chi connectivity index (χ3n) is 3.59. The van der Waals surface area contributed by atoms with Crippen molar-refractivity contribution in [2.24, 2.45) is 5.14 Å². The van der Waals surface area contributed by atoms with Gasteiger partial charge in [-0.2, -0.15) is 0 Å². The van der Waals surface area contributed by atoms with Crippen molar-refractivity contribution in [2.75, 3.05) is 5.32 Å². The van der Waals surface area contributed by atoms with Gasteiger partial charge in [-0.05, 0) is 24.3 Å². The first kappa shape index (κ1) is 16.2. The first-order valence-corrected chi connectivity index (χ1v) is 8.62. The van der Waals surface area contributed by atoms with Crippen LogP contribution < -0.4 is 10.5 Å². The number of rotatable bonds is 4. The topological polar surface area (TPSA) is 116 Å². The highest BCUT2D eigenvalue weighted by molar-refractivity contribution is 7.89. The molecule has 0 radical (unpaired) electrons. The lowest BCUT2D eigenvalue weighted by atomic mass is 10.0. The summed E-state index contributed by atoms with van der Waals surface area (Å²) in [5.74, 6) is -0.865. The number of hydrogen-bond donors (Lipinski definition) is 2. The van der Waals surface area contributed by atoms with Crippen LogP contribution in [-0.4, -0.2) is 20.3 Å². The van der Waals surface area contributed by atoms with Crippen molar-refractivity contribution in [3.05, 3.63) is 59.7 Å². The van der Waals surface area contributed by atoms with Crippen LogP contribution in [0.1, 0.15) is 28.4 Å². The van der Waals surface area contributed by atoms with Crippen LogP contribution in [0.15, 0.2) is 53.4 Å². The van der Waals surface area contributed by atoms with Crippen LogP contribution in [0.4, 0.5) is 5.69 Å². The minimum atomic E-state index is -3.85. The number of nitrogens with one attached hydrogen (secondary N) is 1. The Bertz CT molecular complexity index is 924. The highest BCUT2D eigenvalue weighted by atomic mass is 32.2. The van der Waals surface area contributed by atoms with Crippen molar-refractivity contribution in [1.29, 1.82) is 0 Å². The number of hydrogen-bond acceptors (Lipinski definition) is 5. The Hall–Kier alpha value is -2.71. The van der Waals surface area contributed by atoms with Crippen molar-refractivity contribution in [1.82, 2.24) is 0 Å². The molecule has 0 fully saturated rings. The number of amides is 1. The quantitative estimate of drug-likeness (QED) is 0.815. The summed E-state index contributed by atoms with van der Waals surface area (Å²) in [7, 11) is -3.85. The van der Waals surface area contributed by atoms with E-state index in [-0.39, 0.29) is 11.3 Å².